The zero-order valence-corrected chi connectivity index (χ0v) is 27.8. The van der Waals surface area contributed by atoms with Gasteiger partial charge < -0.3 is 23.3 Å². The first kappa shape index (κ1) is 31.9. The summed E-state index contributed by atoms with van der Waals surface area (Å²) in [6.45, 7) is 11.6. The summed E-state index contributed by atoms with van der Waals surface area (Å²) >= 11 is 0. The summed E-state index contributed by atoms with van der Waals surface area (Å²) < 4.78 is 21.9. The largest absolute Gasteiger partial charge is 0.514 e. The summed E-state index contributed by atoms with van der Waals surface area (Å²) in [5, 5.41) is 0. The molecule has 0 bridgehead atoms. The Kier molecular flexibility index (Phi) is 9.29. The fourth-order valence-electron chi connectivity index (χ4n) is 5.76. The molecule has 0 fully saturated rings. The number of ether oxygens (including phenoxy) is 3. The number of carbonyl (C=O) groups is 1. The zero-order chi connectivity index (χ0) is 33.0. The van der Waals surface area contributed by atoms with Gasteiger partial charge in [-0.05, 0) is 75.1 Å². The van der Waals surface area contributed by atoms with Crippen molar-refractivity contribution in [3.05, 3.63) is 108 Å². The molecular weight excluding hydrogens is 588 g/mol. The van der Waals surface area contributed by atoms with Gasteiger partial charge in [-0.25, -0.2) is 14.8 Å². The first-order valence-electron chi connectivity index (χ1n) is 16.3. The number of hydrogen-bond acceptors (Lipinski definition) is 6. The van der Waals surface area contributed by atoms with Gasteiger partial charge in [0, 0.05) is 18.5 Å². The number of unbranched alkanes of at least 4 members (excludes halogenated alkanes) is 1. The Morgan fingerprint density at radius 2 is 1.66 bits per heavy atom. The van der Waals surface area contributed by atoms with Gasteiger partial charge in [0.1, 0.15) is 35.0 Å². The standard InChI is InChI=1S/C39H42N4O4/c1-6-7-16-35-41-36-27(2)17-22-34(45-24-23-42-26-40-31-13-9-10-14-32(31)42)37(36)43(35)25-28-18-20-29(21-19-28)30-12-8-11-15-33(30)46-38(44)47-39(3,4)5/h8-15,17-22,26H,6-7,16,23-25H2,1-5H3. The molecule has 0 saturated carbocycles. The lowest BCUT2D eigenvalue weighted by Crippen LogP contribution is -2.26. The molecule has 0 N–H and O–H groups in total. The number of nitrogens with zero attached hydrogens (tertiary/aromatic N) is 4. The van der Waals surface area contributed by atoms with Crippen molar-refractivity contribution in [3.63, 3.8) is 0 Å². The molecule has 0 unspecified atom stereocenters. The SMILES string of the molecule is CCCCc1nc2c(C)ccc(OCCn3cnc4ccccc43)c2n1Cc1ccc(-c2ccccc2OC(=O)OC(C)(C)C)cc1. The maximum Gasteiger partial charge on any atom is 0.514 e. The predicted octanol–water partition coefficient (Wildman–Crippen LogP) is 9.15. The van der Waals surface area contributed by atoms with Gasteiger partial charge in [0.25, 0.3) is 0 Å². The Morgan fingerprint density at radius 1 is 0.894 bits per heavy atom. The minimum Gasteiger partial charge on any atom is -0.489 e. The van der Waals surface area contributed by atoms with E-state index in [4.69, 9.17) is 19.2 Å². The van der Waals surface area contributed by atoms with Crippen LogP contribution in [-0.4, -0.2) is 37.5 Å². The van der Waals surface area contributed by atoms with Crippen molar-refractivity contribution in [1.82, 2.24) is 19.1 Å². The summed E-state index contributed by atoms with van der Waals surface area (Å²) in [5.41, 5.74) is 7.46. The average molecular weight is 631 g/mol. The highest BCUT2D eigenvalue weighted by Gasteiger charge is 2.20. The van der Waals surface area contributed by atoms with Crippen LogP contribution in [0.1, 0.15) is 57.5 Å². The lowest BCUT2D eigenvalue weighted by atomic mass is 10.0. The molecule has 242 valence electrons. The first-order valence-corrected chi connectivity index (χ1v) is 16.3. The van der Waals surface area contributed by atoms with E-state index in [0.29, 0.717) is 25.4 Å². The van der Waals surface area contributed by atoms with Gasteiger partial charge in [-0.15, -0.1) is 0 Å². The number of hydrogen-bond donors (Lipinski definition) is 0. The van der Waals surface area contributed by atoms with Crippen molar-refractivity contribution in [2.75, 3.05) is 6.61 Å². The normalized spacial score (nSPS) is 11.7. The molecule has 0 spiro atoms. The van der Waals surface area contributed by atoms with Gasteiger partial charge in [0.15, 0.2) is 0 Å². The highest BCUT2D eigenvalue weighted by atomic mass is 16.7. The van der Waals surface area contributed by atoms with Gasteiger partial charge in [-0.1, -0.05) is 74.0 Å². The van der Waals surface area contributed by atoms with E-state index in [2.05, 4.69) is 70.4 Å². The van der Waals surface area contributed by atoms with Crippen molar-refractivity contribution in [1.29, 1.82) is 0 Å². The van der Waals surface area contributed by atoms with Crippen LogP contribution in [0.5, 0.6) is 11.5 Å². The molecule has 4 aromatic carbocycles. The van der Waals surface area contributed by atoms with Crippen molar-refractivity contribution in [3.8, 4) is 22.6 Å². The minimum atomic E-state index is -0.722. The van der Waals surface area contributed by atoms with E-state index in [-0.39, 0.29) is 0 Å². The van der Waals surface area contributed by atoms with Crippen LogP contribution >= 0.6 is 0 Å². The molecule has 0 amide bonds. The van der Waals surface area contributed by atoms with E-state index in [0.717, 1.165) is 75.2 Å². The van der Waals surface area contributed by atoms with Gasteiger partial charge >= 0.3 is 6.16 Å². The Labute approximate surface area is 275 Å². The number of aryl methyl sites for hydroxylation is 2. The maximum atomic E-state index is 12.4. The highest BCUT2D eigenvalue weighted by Crippen LogP contribution is 2.33. The predicted molar refractivity (Wildman–Crippen MR) is 186 cm³/mol. The van der Waals surface area contributed by atoms with Crippen molar-refractivity contribution in [2.24, 2.45) is 0 Å². The van der Waals surface area contributed by atoms with Gasteiger partial charge in [-0.3, -0.25) is 0 Å². The molecule has 0 aliphatic rings. The molecule has 6 aromatic rings. The van der Waals surface area contributed by atoms with Crippen LogP contribution in [0.25, 0.3) is 33.2 Å². The lowest BCUT2D eigenvalue weighted by Gasteiger charge is -2.19. The van der Waals surface area contributed by atoms with Crippen molar-refractivity contribution >= 4 is 28.2 Å². The number of para-hydroxylation sites is 3. The van der Waals surface area contributed by atoms with E-state index in [1.54, 1.807) is 6.07 Å². The van der Waals surface area contributed by atoms with Crippen LogP contribution in [0, 0.1) is 6.92 Å². The molecule has 0 radical (unpaired) electrons. The number of fused-ring (bicyclic) bond motifs is 2. The second-order valence-corrected chi connectivity index (χ2v) is 12.8. The van der Waals surface area contributed by atoms with Crippen molar-refractivity contribution < 1.29 is 19.0 Å². The summed E-state index contributed by atoms with van der Waals surface area (Å²) in [5.74, 6) is 2.34. The average Bonchev–Trinajstić information content (AvgIpc) is 3.63. The van der Waals surface area contributed by atoms with Crippen LogP contribution in [0.4, 0.5) is 4.79 Å². The third-order valence-corrected chi connectivity index (χ3v) is 8.08. The third kappa shape index (κ3) is 7.32. The fourth-order valence-corrected chi connectivity index (χ4v) is 5.76. The van der Waals surface area contributed by atoms with E-state index in [1.807, 2.05) is 63.5 Å². The number of rotatable bonds is 11. The molecule has 2 aromatic heterocycles. The van der Waals surface area contributed by atoms with Crippen LogP contribution in [0.3, 0.4) is 0 Å². The van der Waals surface area contributed by atoms with Crippen LogP contribution in [0.2, 0.25) is 0 Å². The van der Waals surface area contributed by atoms with E-state index < -0.39 is 11.8 Å². The molecule has 0 saturated heterocycles. The first-order chi connectivity index (χ1) is 22.7. The van der Waals surface area contributed by atoms with Crippen LogP contribution in [0.15, 0.2) is 91.3 Å². The molecule has 8 heteroatoms. The molecule has 6 rings (SSSR count). The monoisotopic (exact) mass is 630 g/mol. The van der Waals surface area contributed by atoms with Crippen LogP contribution in [-0.2, 0) is 24.2 Å². The summed E-state index contributed by atoms with van der Waals surface area (Å²) in [6, 6.07) is 28.2. The molecule has 2 heterocycles. The van der Waals surface area contributed by atoms with Gasteiger partial charge in [0.05, 0.1) is 29.4 Å². The number of aromatic nitrogens is 4. The smallest absolute Gasteiger partial charge is 0.489 e. The fraction of sp³-hybridized carbons (Fsp3) is 0.308. The Hall–Kier alpha value is -5.11. The number of benzene rings is 4. The van der Waals surface area contributed by atoms with E-state index in [9.17, 15) is 4.79 Å². The summed E-state index contributed by atoms with van der Waals surface area (Å²) in [6.07, 6.45) is 4.18. The van der Waals surface area contributed by atoms with Crippen LogP contribution < -0.4 is 9.47 Å². The Bertz CT molecular complexity index is 2000. The second kappa shape index (κ2) is 13.7. The molecule has 47 heavy (non-hydrogen) atoms. The van der Waals surface area contributed by atoms with E-state index >= 15 is 0 Å². The molecule has 8 nitrogen and oxygen atoms in total. The highest BCUT2D eigenvalue weighted by molar-refractivity contribution is 5.86. The minimum absolute atomic E-state index is 0.456. The number of carbonyl (C=O) groups excluding carboxylic acids is 1. The maximum absolute atomic E-state index is 12.4. The molecule has 0 atom stereocenters. The lowest BCUT2D eigenvalue weighted by molar-refractivity contribution is 0.0207. The second-order valence-electron chi connectivity index (χ2n) is 12.8. The summed E-state index contributed by atoms with van der Waals surface area (Å²) in [7, 11) is 0. The topological polar surface area (TPSA) is 80.4 Å². The molecule has 0 aliphatic carbocycles. The number of imidazole rings is 2. The molecule has 0 aliphatic heterocycles. The van der Waals surface area contributed by atoms with Crippen molar-refractivity contribution in [2.45, 2.75) is 72.6 Å². The zero-order valence-electron chi connectivity index (χ0n) is 27.8. The van der Waals surface area contributed by atoms with E-state index in [1.165, 1.54) is 0 Å². The Balaban J connectivity index is 1.27. The third-order valence-electron chi connectivity index (χ3n) is 8.08. The summed E-state index contributed by atoms with van der Waals surface area (Å²) in [4.78, 5) is 22.1. The van der Waals surface area contributed by atoms with Gasteiger partial charge in [-0.2, -0.15) is 0 Å². The quantitative estimate of drug-likeness (QED) is 0.105. The molecular formula is C39H42N4O4. The Morgan fingerprint density at radius 3 is 2.45 bits per heavy atom. The van der Waals surface area contributed by atoms with Gasteiger partial charge in [0.2, 0.25) is 0 Å².